The summed E-state index contributed by atoms with van der Waals surface area (Å²) in [5, 5.41) is 13.3. The molecule has 21 heavy (non-hydrogen) atoms. The molecule has 2 rings (SSSR count). The second-order valence-corrected chi connectivity index (χ2v) is 5.28. The first-order chi connectivity index (χ1) is 10.1. The highest BCUT2D eigenvalue weighted by molar-refractivity contribution is 6.31. The molecule has 1 heterocycles. The number of amides is 1. The molecule has 0 aliphatic rings. The van der Waals surface area contributed by atoms with Crippen LogP contribution in [0.4, 0.5) is 5.69 Å². The van der Waals surface area contributed by atoms with Crippen molar-refractivity contribution in [1.82, 2.24) is 15.5 Å². The van der Waals surface area contributed by atoms with E-state index in [4.69, 9.17) is 11.6 Å². The number of anilines is 1. The summed E-state index contributed by atoms with van der Waals surface area (Å²) in [5.74, 6) is -0.162. The maximum Gasteiger partial charge on any atom is 0.253 e. The zero-order valence-corrected chi connectivity index (χ0v) is 12.9. The zero-order chi connectivity index (χ0) is 15.2. The largest absolute Gasteiger partial charge is 0.384 e. The summed E-state index contributed by atoms with van der Waals surface area (Å²) in [4.78, 5) is 12.4. The van der Waals surface area contributed by atoms with Crippen LogP contribution in [0.25, 0.3) is 0 Å². The van der Waals surface area contributed by atoms with Crippen molar-refractivity contribution in [3.63, 3.8) is 0 Å². The first-order valence-corrected chi connectivity index (χ1v) is 7.32. The Balaban J connectivity index is 2.15. The normalized spacial score (nSPS) is 12.0. The molecule has 0 spiro atoms. The highest BCUT2D eigenvalue weighted by Crippen LogP contribution is 2.22. The standard InChI is InChI=1S/C15H19ClN4O/c1-3-6-17-14-5-4-12(16)7-13(14)15(21)20-10(2)11-8-18-19-9-11/h4-5,7-10,17H,3,6H2,1-2H3,(H,18,19)(H,20,21). The molecule has 2 aromatic rings. The number of hydrogen-bond donors (Lipinski definition) is 3. The molecule has 1 unspecified atom stereocenters. The van der Waals surface area contributed by atoms with Gasteiger partial charge in [0.2, 0.25) is 0 Å². The SMILES string of the molecule is CCCNc1ccc(Cl)cc1C(=O)NC(C)c1cn[nH]c1. The van der Waals surface area contributed by atoms with Gasteiger partial charge in [0.25, 0.3) is 5.91 Å². The summed E-state index contributed by atoms with van der Waals surface area (Å²) in [6.45, 7) is 4.79. The van der Waals surface area contributed by atoms with Gasteiger partial charge in [-0.15, -0.1) is 0 Å². The predicted octanol–water partition coefficient (Wildman–Crippen LogP) is 3.38. The summed E-state index contributed by atoms with van der Waals surface area (Å²) < 4.78 is 0. The molecule has 1 atom stereocenters. The number of H-pyrrole nitrogens is 1. The van der Waals surface area contributed by atoms with Crippen molar-refractivity contribution in [1.29, 1.82) is 0 Å². The van der Waals surface area contributed by atoms with Gasteiger partial charge < -0.3 is 10.6 Å². The summed E-state index contributed by atoms with van der Waals surface area (Å²) in [7, 11) is 0. The minimum Gasteiger partial charge on any atom is -0.384 e. The van der Waals surface area contributed by atoms with Crippen LogP contribution in [-0.2, 0) is 0 Å². The van der Waals surface area contributed by atoms with E-state index in [1.165, 1.54) is 0 Å². The average molecular weight is 307 g/mol. The molecule has 0 radical (unpaired) electrons. The first-order valence-electron chi connectivity index (χ1n) is 6.94. The van der Waals surface area contributed by atoms with Gasteiger partial charge in [0.05, 0.1) is 17.8 Å². The van der Waals surface area contributed by atoms with Crippen molar-refractivity contribution in [2.24, 2.45) is 0 Å². The summed E-state index contributed by atoms with van der Waals surface area (Å²) in [6.07, 6.45) is 4.44. The summed E-state index contributed by atoms with van der Waals surface area (Å²) in [6, 6.07) is 5.15. The Hall–Kier alpha value is -2.01. The topological polar surface area (TPSA) is 69.8 Å². The van der Waals surface area contributed by atoms with Gasteiger partial charge >= 0.3 is 0 Å². The molecule has 3 N–H and O–H groups in total. The smallest absolute Gasteiger partial charge is 0.253 e. The third-order valence-corrected chi connectivity index (χ3v) is 3.39. The number of hydrogen-bond acceptors (Lipinski definition) is 3. The molecule has 0 fully saturated rings. The molecule has 1 aromatic carbocycles. The monoisotopic (exact) mass is 306 g/mol. The van der Waals surface area contributed by atoms with Gasteiger partial charge in [-0.25, -0.2) is 0 Å². The van der Waals surface area contributed by atoms with Crippen molar-refractivity contribution in [3.8, 4) is 0 Å². The Morgan fingerprint density at radius 3 is 2.95 bits per heavy atom. The van der Waals surface area contributed by atoms with Gasteiger partial charge in [-0.1, -0.05) is 18.5 Å². The molecule has 1 amide bonds. The Bertz CT molecular complexity index is 598. The molecule has 0 bridgehead atoms. The summed E-state index contributed by atoms with van der Waals surface area (Å²) >= 11 is 6.01. The fourth-order valence-corrected chi connectivity index (χ4v) is 2.15. The quantitative estimate of drug-likeness (QED) is 0.766. The van der Waals surface area contributed by atoms with Crippen molar-refractivity contribution in [3.05, 3.63) is 46.7 Å². The Morgan fingerprint density at radius 2 is 2.29 bits per heavy atom. The highest BCUT2D eigenvalue weighted by Gasteiger charge is 2.15. The number of rotatable bonds is 6. The number of nitrogens with zero attached hydrogens (tertiary/aromatic N) is 1. The fourth-order valence-electron chi connectivity index (χ4n) is 1.97. The molecule has 0 aliphatic carbocycles. The van der Waals surface area contributed by atoms with Crippen LogP contribution in [-0.4, -0.2) is 22.6 Å². The van der Waals surface area contributed by atoms with Crippen molar-refractivity contribution >= 4 is 23.2 Å². The van der Waals surface area contributed by atoms with Crippen molar-refractivity contribution in [2.45, 2.75) is 26.3 Å². The lowest BCUT2D eigenvalue weighted by Gasteiger charge is -2.15. The van der Waals surface area contributed by atoms with E-state index in [-0.39, 0.29) is 11.9 Å². The van der Waals surface area contributed by atoms with E-state index in [0.29, 0.717) is 10.6 Å². The number of carbonyl (C=O) groups excluding carboxylic acids is 1. The van der Waals surface area contributed by atoms with E-state index in [1.54, 1.807) is 24.5 Å². The van der Waals surface area contributed by atoms with Crippen LogP contribution < -0.4 is 10.6 Å². The molecule has 1 aromatic heterocycles. The van der Waals surface area contributed by atoms with E-state index in [9.17, 15) is 4.79 Å². The minimum absolute atomic E-state index is 0.130. The lowest BCUT2D eigenvalue weighted by molar-refractivity contribution is 0.0940. The number of nitrogens with one attached hydrogen (secondary N) is 3. The third kappa shape index (κ3) is 3.98. The first kappa shape index (κ1) is 15.4. The lowest BCUT2D eigenvalue weighted by Crippen LogP contribution is -2.27. The molecule has 5 nitrogen and oxygen atoms in total. The van der Waals surface area contributed by atoms with Gasteiger partial charge in [0, 0.05) is 29.0 Å². The van der Waals surface area contributed by atoms with Crippen LogP contribution in [0.1, 0.15) is 42.2 Å². The van der Waals surface area contributed by atoms with Gasteiger partial charge in [0.15, 0.2) is 0 Å². The zero-order valence-electron chi connectivity index (χ0n) is 12.1. The molecule has 0 aliphatic heterocycles. The molecule has 6 heteroatoms. The third-order valence-electron chi connectivity index (χ3n) is 3.16. The number of carbonyl (C=O) groups is 1. The van der Waals surface area contributed by atoms with E-state index < -0.39 is 0 Å². The number of aromatic nitrogens is 2. The van der Waals surface area contributed by atoms with Crippen LogP contribution in [0.2, 0.25) is 5.02 Å². The van der Waals surface area contributed by atoms with Crippen LogP contribution in [0.5, 0.6) is 0 Å². The van der Waals surface area contributed by atoms with Crippen molar-refractivity contribution < 1.29 is 4.79 Å². The predicted molar refractivity (Wildman–Crippen MR) is 84.7 cm³/mol. The Labute approximate surface area is 129 Å². The second kappa shape index (κ2) is 7.13. The molecule has 0 saturated heterocycles. The van der Waals surface area contributed by atoms with Crippen molar-refractivity contribution in [2.75, 3.05) is 11.9 Å². The molecule has 0 saturated carbocycles. The maximum atomic E-state index is 12.4. The van der Waals surface area contributed by atoms with E-state index >= 15 is 0 Å². The maximum absolute atomic E-state index is 12.4. The highest BCUT2D eigenvalue weighted by atomic mass is 35.5. The van der Waals surface area contributed by atoms with Crippen LogP contribution >= 0.6 is 11.6 Å². The summed E-state index contributed by atoms with van der Waals surface area (Å²) in [5.41, 5.74) is 2.26. The lowest BCUT2D eigenvalue weighted by atomic mass is 10.1. The number of halogens is 1. The Morgan fingerprint density at radius 1 is 1.48 bits per heavy atom. The van der Waals surface area contributed by atoms with E-state index in [0.717, 1.165) is 24.2 Å². The number of benzene rings is 1. The Kier molecular flexibility index (Phi) is 5.22. The average Bonchev–Trinajstić information content (AvgIpc) is 3.00. The molecular weight excluding hydrogens is 288 g/mol. The molecular formula is C15H19ClN4O. The molecule has 112 valence electrons. The number of aromatic amines is 1. The van der Waals surface area contributed by atoms with E-state index in [2.05, 4.69) is 27.8 Å². The van der Waals surface area contributed by atoms with Gasteiger partial charge in [-0.3, -0.25) is 9.89 Å². The van der Waals surface area contributed by atoms with Gasteiger partial charge in [-0.05, 0) is 31.5 Å². The van der Waals surface area contributed by atoms with Gasteiger partial charge in [0.1, 0.15) is 0 Å². The van der Waals surface area contributed by atoms with Gasteiger partial charge in [-0.2, -0.15) is 5.10 Å². The second-order valence-electron chi connectivity index (χ2n) is 4.84. The van der Waals surface area contributed by atoms with Crippen LogP contribution in [0, 0.1) is 0 Å². The minimum atomic E-state index is -0.162. The fraction of sp³-hybridized carbons (Fsp3) is 0.333. The van der Waals surface area contributed by atoms with E-state index in [1.807, 2.05) is 13.0 Å². The van der Waals surface area contributed by atoms with Crippen LogP contribution in [0.15, 0.2) is 30.6 Å². The van der Waals surface area contributed by atoms with Crippen LogP contribution in [0.3, 0.4) is 0 Å².